The predicted molar refractivity (Wildman–Crippen MR) is 94.8 cm³/mol. The van der Waals surface area contributed by atoms with Gasteiger partial charge in [-0.25, -0.2) is 0 Å². The minimum atomic E-state index is -0.358. The van der Waals surface area contributed by atoms with Crippen LogP contribution < -0.4 is 15.0 Å². The maximum atomic E-state index is 12.0. The molecule has 0 atom stereocenters. The van der Waals surface area contributed by atoms with E-state index in [4.69, 9.17) is 21.7 Å². The number of aromatic amines is 1. The van der Waals surface area contributed by atoms with E-state index in [1.54, 1.807) is 6.92 Å². The summed E-state index contributed by atoms with van der Waals surface area (Å²) in [4.78, 5) is 12.0. The molecular formula is C16H20N4O3S. The van der Waals surface area contributed by atoms with Gasteiger partial charge >= 0.3 is 0 Å². The number of hydrogen-bond donors (Lipinski definition) is 1. The van der Waals surface area contributed by atoms with Crippen LogP contribution in [0.2, 0.25) is 0 Å². The highest BCUT2D eigenvalue weighted by atomic mass is 32.1. The number of aryl methyl sites for hydroxylation is 1. The third kappa shape index (κ3) is 4.29. The van der Waals surface area contributed by atoms with Crippen molar-refractivity contribution in [3.05, 3.63) is 44.6 Å². The molecule has 0 amide bonds. The van der Waals surface area contributed by atoms with Crippen LogP contribution in [0.5, 0.6) is 11.5 Å². The standard InChI is InChI=1S/C16H20N4O3S/c1-4-8-23-13-7-6-12(9-14(13)22-5-2)10-17-20-15(21)11(3)18-19-16(20)24/h6-7,9-10H,4-5,8H2,1-3H3,(H,19,24)/b17-10-. The molecule has 0 aliphatic rings. The van der Waals surface area contributed by atoms with E-state index >= 15 is 0 Å². The van der Waals surface area contributed by atoms with Crippen LogP contribution in [-0.2, 0) is 0 Å². The number of nitrogens with zero attached hydrogens (tertiary/aromatic N) is 3. The first-order valence-corrected chi connectivity index (χ1v) is 8.10. The number of aromatic nitrogens is 3. The zero-order valence-corrected chi connectivity index (χ0v) is 14.7. The summed E-state index contributed by atoms with van der Waals surface area (Å²) in [6.45, 7) is 6.68. The zero-order valence-electron chi connectivity index (χ0n) is 13.9. The first-order valence-electron chi connectivity index (χ1n) is 7.69. The largest absolute Gasteiger partial charge is 0.490 e. The fraction of sp³-hybridized carbons (Fsp3) is 0.375. The van der Waals surface area contributed by atoms with E-state index in [0.717, 1.165) is 16.7 Å². The molecule has 1 heterocycles. The van der Waals surface area contributed by atoms with Crippen molar-refractivity contribution in [3.8, 4) is 11.5 Å². The van der Waals surface area contributed by atoms with Crippen LogP contribution in [0, 0.1) is 11.7 Å². The molecule has 8 heteroatoms. The number of benzene rings is 1. The smallest absolute Gasteiger partial charge is 0.296 e. The lowest BCUT2D eigenvalue weighted by Crippen LogP contribution is -2.22. The Morgan fingerprint density at radius 1 is 1.33 bits per heavy atom. The lowest BCUT2D eigenvalue weighted by Gasteiger charge is -2.11. The molecule has 2 aromatic rings. The SMILES string of the molecule is CCCOc1ccc(/C=N\n2c(=S)[nH]nc(C)c2=O)cc1OCC. The first-order chi connectivity index (χ1) is 11.6. The Kier molecular flexibility index (Phi) is 6.25. The first kappa shape index (κ1) is 17.9. The Labute approximate surface area is 144 Å². The van der Waals surface area contributed by atoms with Gasteiger partial charge in [0.15, 0.2) is 11.5 Å². The molecule has 0 fully saturated rings. The van der Waals surface area contributed by atoms with Crippen molar-refractivity contribution in [2.75, 3.05) is 13.2 Å². The van der Waals surface area contributed by atoms with Crippen molar-refractivity contribution in [2.45, 2.75) is 27.2 Å². The van der Waals surface area contributed by atoms with E-state index in [-0.39, 0.29) is 10.3 Å². The second-order valence-corrected chi connectivity index (χ2v) is 5.35. The molecule has 24 heavy (non-hydrogen) atoms. The number of rotatable bonds is 7. The molecule has 0 aliphatic heterocycles. The summed E-state index contributed by atoms with van der Waals surface area (Å²) in [6, 6.07) is 5.47. The lowest BCUT2D eigenvalue weighted by molar-refractivity contribution is 0.277. The maximum absolute atomic E-state index is 12.0. The highest BCUT2D eigenvalue weighted by molar-refractivity contribution is 7.71. The summed E-state index contributed by atoms with van der Waals surface area (Å²) >= 11 is 5.04. The number of ether oxygens (including phenoxy) is 2. The normalized spacial score (nSPS) is 11.0. The molecule has 7 nitrogen and oxygen atoms in total. The van der Waals surface area contributed by atoms with Gasteiger partial charge in [0.2, 0.25) is 4.77 Å². The Hall–Kier alpha value is -2.48. The van der Waals surface area contributed by atoms with Crippen molar-refractivity contribution < 1.29 is 9.47 Å². The summed E-state index contributed by atoms with van der Waals surface area (Å²) in [6.07, 6.45) is 2.45. The quantitative estimate of drug-likeness (QED) is 0.614. The molecule has 1 aromatic carbocycles. The Morgan fingerprint density at radius 3 is 2.83 bits per heavy atom. The number of hydrogen-bond acceptors (Lipinski definition) is 6. The van der Waals surface area contributed by atoms with Gasteiger partial charge in [-0.1, -0.05) is 6.92 Å². The van der Waals surface area contributed by atoms with Crippen LogP contribution in [0.4, 0.5) is 0 Å². The van der Waals surface area contributed by atoms with Gasteiger partial charge in [0.1, 0.15) is 5.69 Å². The van der Waals surface area contributed by atoms with Gasteiger partial charge in [-0.15, -0.1) is 0 Å². The van der Waals surface area contributed by atoms with E-state index in [0.29, 0.717) is 30.4 Å². The molecule has 0 radical (unpaired) electrons. The fourth-order valence-electron chi connectivity index (χ4n) is 1.91. The third-order valence-corrected chi connectivity index (χ3v) is 3.33. The van der Waals surface area contributed by atoms with Crippen molar-refractivity contribution >= 4 is 18.4 Å². The highest BCUT2D eigenvalue weighted by Gasteiger charge is 2.06. The van der Waals surface area contributed by atoms with Crippen molar-refractivity contribution in [3.63, 3.8) is 0 Å². The summed E-state index contributed by atoms with van der Waals surface area (Å²) in [5.74, 6) is 1.32. The molecule has 0 saturated carbocycles. The third-order valence-electron chi connectivity index (χ3n) is 3.07. The van der Waals surface area contributed by atoms with Gasteiger partial charge in [-0.3, -0.25) is 9.89 Å². The second-order valence-electron chi connectivity index (χ2n) is 4.96. The average Bonchev–Trinajstić information content (AvgIpc) is 2.58. The summed E-state index contributed by atoms with van der Waals surface area (Å²) in [7, 11) is 0. The van der Waals surface area contributed by atoms with Crippen molar-refractivity contribution in [1.82, 2.24) is 14.9 Å². The molecule has 1 N–H and O–H groups in total. The summed E-state index contributed by atoms with van der Waals surface area (Å²) in [5, 5.41) is 10.5. The van der Waals surface area contributed by atoms with Crippen LogP contribution in [0.3, 0.4) is 0 Å². The topological polar surface area (TPSA) is 81.5 Å². The predicted octanol–water partition coefficient (Wildman–Crippen LogP) is 2.68. The van der Waals surface area contributed by atoms with Crippen LogP contribution >= 0.6 is 12.2 Å². The van der Waals surface area contributed by atoms with E-state index in [1.165, 1.54) is 6.21 Å². The average molecular weight is 348 g/mol. The molecular weight excluding hydrogens is 328 g/mol. The highest BCUT2D eigenvalue weighted by Crippen LogP contribution is 2.28. The fourth-order valence-corrected chi connectivity index (χ4v) is 2.08. The van der Waals surface area contributed by atoms with E-state index in [1.807, 2.05) is 32.0 Å². The molecule has 0 saturated heterocycles. The Morgan fingerprint density at radius 2 is 2.12 bits per heavy atom. The molecule has 128 valence electrons. The van der Waals surface area contributed by atoms with Gasteiger partial charge in [0, 0.05) is 0 Å². The van der Waals surface area contributed by atoms with Crippen molar-refractivity contribution in [2.24, 2.45) is 5.10 Å². The minimum absolute atomic E-state index is 0.134. The Bertz CT molecular complexity index is 842. The van der Waals surface area contributed by atoms with Gasteiger partial charge in [-0.2, -0.15) is 14.9 Å². The Balaban J connectivity index is 2.33. The summed E-state index contributed by atoms with van der Waals surface area (Å²) in [5.41, 5.74) is 0.695. The molecule has 2 rings (SSSR count). The lowest BCUT2D eigenvalue weighted by atomic mass is 10.2. The molecule has 1 aromatic heterocycles. The molecule has 0 spiro atoms. The minimum Gasteiger partial charge on any atom is -0.490 e. The van der Waals surface area contributed by atoms with Crippen LogP contribution in [-0.4, -0.2) is 34.3 Å². The molecule has 0 aliphatic carbocycles. The summed E-state index contributed by atoms with van der Waals surface area (Å²) < 4.78 is 12.5. The zero-order chi connectivity index (χ0) is 17.5. The van der Waals surface area contributed by atoms with Crippen LogP contribution in [0.1, 0.15) is 31.5 Å². The second kappa shape index (κ2) is 8.39. The number of nitrogens with one attached hydrogen (secondary N) is 1. The number of H-pyrrole nitrogens is 1. The maximum Gasteiger partial charge on any atom is 0.296 e. The van der Waals surface area contributed by atoms with Crippen molar-refractivity contribution in [1.29, 1.82) is 0 Å². The van der Waals surface area contributed by atoms with E-state index in [2.05, 4.69) is 15.3 Å². The van der Waals surface area contributed by atoms with Gasteiger partial charge in [-0.05, 0) is 56.2 Å². The van der Waals surface area contributed by atoms with E-state index < -0.39 is 0 Å². The van der Waals surface area contributed by atoms with Crippen LogP contribution in [0.25, 0.3) is 0 Å². The van der Waals surface area contributed by atoms with Gasteiger partial charge < -0.3 is 9.47 Å². The van der Waals surface area contributed by atoms with Gasteiger partial charge in [0.25, 0.3) is 5.56 Å². The van der Waals surface area contributed by atoms with E-state index in [9.17, 15) is 4.79 Å². The monoisotopic (exact) mass is 348 g/mol. The van der Waals surface area contributed by atoms with Crippen LogP contribution in [0.15, 0.2) is 28.1 Å². The molecule has 0 unspecified atom stereocenters. The van der Waals surface area contributed by atoms with Gasteiger partial charge in [0.05, 0.1) is 19.4 Å². The molecule has 0 bridgehead atoms.